The van der Waals surface area contributed by atoms with Gasteiger partial charge in [-0.3, -0.25) is 19.8 Å². The Balaban J connectivity index is 1.82. The number of nitro groups is 1. The lowest BCUT2D eigenvalue weighted by Crippen LogP contribution is -2.71. The van der Waals surface area contributed by atoms with Crippen molar-refractivity contribution in [3.05, 3.63) is 74.8 Å². The Labute approximate surface area is 206 Å². The molecule has 0 saturated carbocycles. The van der Waals surface area contributed by atoms with Gasteiger partial charge in [0.25, 0.3) is 11.6 Å². The monoisotopic (exact) mass is 516 g/mol. The van der Waals surface area contributed by atoms with E-state index < -0.39 is 68.9 Å². The number of benzene rings is 2. The first-order chi connectivity index (χ1) is 17.4. The second kappa shape index (κ2) is 7.74. The fourth-order valence-electron chi connectivity index (χ4n) is 6.33. The molecule has 2 aromatic carbocycles. The average molecular weight is 516 g/mol. The number of hydrogen-bond acceptors (Lipinski definition) is 6. The van der Waals surface area contributed by atoms with Crippen LogP contribution < -0.4 is 5.32 Å². The molecule has 190 valence electrons. The van der Waals surface area contributed by atoms with Crippen LogP contribution in [0.25, 0.3) is 0 Å². The standard InChI is InChI=1S/C23H16F3N5O6/c24-23(25,26)16-7-14(6-5-12(16)9-27)22-18-8-15(10-29(18)21(34)35)31(22,20(33)28-19(22)32)11-13-3-1-2-4-17(13)30(36)37/h1-7,15,18H,8,10-11H2,(H-,28,32,33,34,35)/p+1. The Morgan fingerprint density at radius 3 is 2.62 bits per heavy atom. The van der Waals surface area contributed by atoms with E-state index in [4.69, 9.17) is 0 Å². The van der Waals surface area contributed by atoms with E-state index in [1.54, 1.807) is 0 Å². The van der Waals surface area contributed by atoms with E-state index in [0.29, 0.717) is 6.07 Å². The molecule has 11 nitrogen and oxygen atoms in total. The van der Waals surface area contributed by atoms with Crippen molar-refractivity contribution in [2.75, 3.05) is 6.54 Å². The number of imide groups is 1. The van der Waals surface area contributed by atoms with E-state index in [0.717, 1.165) is 17.0 Å². The Kier molecular flexibility index (Phi) is 5.06. The van der Waals surface area contributed by atoms with Crippen molar-refractivity contribution < 1.29 is 42.1 Å². The number of quaternary nitrogens is 1. The molecule has 3 heterocycles. The molecule has 3 aliphatic rings. The molecule has 3 aliphatic heterocycles. The third kappa shape index (κ3) is 3.00. The highest BCUT2D eigenvalue weighted by molar-refractivity contribution is 6.04. The molecule has 4 unspecified atom stereocenters. The van der Waals surface area contributed by atoms with Crippen LogP contribution in [0.4, 0.5) is 28.4 Å². The summed E-state index contributed by atoms with van der Waals surface area (Å²) >= 11 is 0. The SMILES string of the molecule is N#Cc1ccc(C23C(=O)NC(=O)[N+]2(Cc2ccccc2[N+](=O)[O-])C2CC3N(C(=O)O)C2)cc1C(F)(F)F. The van der Waals surface area contributed by atoms with Gasteiger partial charge in [-0.1, -0.05) is 18.2 Å². The first-order valence-corrected chi connectivity index (χ1v) is 11.0. The molecule has 0 aliphatic carbocycles. The van der Waals surface area contributed by atoms with Crippen LogP contribution in [0.15, 0.2) is 42.5 Å². The second-order valence-electron chi connectivity index (χ2n) is 9.15. The number of carbonyl (C=O) groups excluding carboxylic acids is 2. The maximum atomic E-state index is 13.9. The van der Waals surface area contributed by atoms with E-state index in [-0.39, 0.29) is 29.8 Å². The van der Waals surface area contributed by atoms with E-state index >= 15 is 0 Å². The number of halogens is 3. The summed E-state index contributed by atoms with van der Waals surface area (Å²) in [6.07, 6.45) is -6.45. The van der Waals surface area contributed by atoms with Crippen LogP contribution in [0, 0.1) is 21.4 Å². The molecule has 0 spiro atoms. The number of nitrogens with one attached hydrogen (secondary N) is 1. The van der Waals surface area contributed by atoms with Crippen molar-refractivity contribution in [3.63, 3.8) is 0 Å². The van der Waals surface area contributed by atoms with Gasteiger partial charge in [-0.05, 0) is 18.2 Å². The molecular weight excluding hydrogens is 499 g/mol. The maximum absolute atomic E-state index is 13.9. The number of likely N-dealkylation sites (tertiary alicyclic amines) is 1. The van der Waals surface area contributed by atoms with Crippen molar-refractivity contribution in [2.24, 2.45) is 0 Å². The number of nitrogens with zero attached hydrogens (tertiary/aromatic N) is 4. The predicted molar refractivity (Wildman–Crippen MR) is 115 cm³/mol. The number of urea groups is 1. The van der Waals surface area contributed by atoms with Gasteiger partial charge in [-0.2, -0.15) is 18.4 Å². The average Bonchev–Trinajstić information content (AvgIpc) is 3.46. The number of para-hydroxylation sites is 1. The molecule has 5 rings (SSSR count). The van der Waals surface area contributed by atoms with E-state index in [1.165, 1.54) is 30.3 Å². The molecule has 2 N–H and O–H groups in total. The molecular formula is C23H17F3N5O6+. The van der Waals surface area contributed by atoms with Crippen LogP contribution in [0.1, 0.15) is 28.7 Å². The largest absolute Gasteiger partial charge is 0.465 e. The zero-order valence-electron chi connectivity index (χ0n) is 18.7. The summed E-state index contributed by atoms with van der Waals surface area (Å²) in [4.78, 5) is 51.2. The topological polar surface area (TPSA) is 154 Å². The Bertz CT molecular complexity index is 1440. The normalized spacial score (nSPS) is 28.1. The molecule has 37 heavy (non-hydrogen) atoms. The predicted octanol–water partition coefficient (Wildman–Crippen LogP) is 3.08. The van der Waals surface area contributed by atoms with Gasteiger partial charge in [0, 0.05) is 18.1 Å². The Hall–Kier alpha value is -4.51. The lowest BCUT2D eigenvalue weighted by atomic mass is 9.79. The number of piperazine rings is 1. The molecule has 0 radical (unpaired) electrons. The highest BCUT2D eigenvalue weighted by Gasteiger charge is 2.83. The first kappa shape index (κ1) is 24.2. The Morgan fingerprint density at radius 1 is 1.30 bits per heavy atom. The summed E-state index contributed by atoms with van der Waals surface area (Å²) < 4.78 is 40.8. The molecule has 14 heteroatoms. The third-order valence-corrected chi connectivity index (χ3v) is 7.68. The number of fused-ring (bicyclic) bond motifs is 5. The van der Waals surface area contributed by atoms with Crippen LogP contribution in [-0.4, -0.2) is 56.1 Å². The van der Waals surface area contributed by atoms with Gasteiger partial charge in [-0.15, -0.1) is 0 Å². The minimum atomic E-state index is -4.99. The summed E-state index contributed by atoms with van der Waals surface area (Å²) in [6, 6.07) is 6.51. The van der Waals surface area contributed by atoms with E-state index in [1.807, 2.05) is 0 Å². The summed E-state index contributed by atoms with van der Waals surface area (Å²) in [7, 11) is 0. The van der Waals surface area contributed by atoms with Gasteiger partial charge in [-0.25, -0.2) is 19.4 Å². The lowest BCUT2D eigenvalue weighted by molar-refractivity contribution is -0.921. The summed E-state index contributed by atoms with van der Waals surface area (Å²) in [6.45, 7) is -0.643. The van der Waals surface area contributed by atoms with Gasteiger partial charge in [0.2, 0.25) is 5.54 Å². The Morgan fingerprint density at radius 2 is 2.00 bits per heavy atom. The number of nitriles is 1. The summed E-state index contributed by atoms with van der Waals surface area (Å²) in [5.74, 6) is -1.01. The number of nitro benzene ring substituents is 1. The maximum Gasteiger partial charge on any atom is 0.425 e. The van der Waals surface area contributed by atoms with Crippen LogP contribution in [0.2, 0.25) is 0 Å². The van der Waals surface area contributed by atoms with Crippen molar-refractivity contribution in [3.8, 4) is 6.07 Å². The van der Waals surface area contributed by atoms with Crippen LogP contribution in [0.5, 0.6) is 0 Å². The van der Waals surface area contributed by atoms with Gasteiger partial charge < -0.3 is 5.11 Å². The molecule has 2 bridgehead atoms. The summed E-state index contributed by atoms with van der Waals surface area (Å²) in [5.41, 5.74) is -4.84. The molecule has 2 aromatic rings. The third-order valence-electron chi connectivity index (χ3n) is 7.68. The second-order valence-corrected chi connectivity index (χ2v) is 9.15. The molecule has 3 saturated heterocycles. The van der Waals surface area contributed by atoms with E-state index in [2.05, 4.69) is 5.32 Å². The fraction of sp³-hybridized carbons (Fsp3) is 0.304. The van der Waals surface area contributed by atoms with Crippen molar-refractivity contribution in [2.45, 2.75) is 36.8 Å². The van der Waals surface area contributed by atoms with Gasteiger partial charge in [0.15, 0.2) is 0 Å². The van der Waals surface area contributed by atoms with Crippen LogP contribution in [0.3, 0.4) is 0 Å². The number of amides is 4. The zero-order chi connectivity index (χ0) is 26.9. The van der Waals surface area contributed by atoms with Crippen LogP contribution in [-0.2, 0) is 23.1 Å². The zero-order valence-corrected chi connectivity index (χ0v) is 18.7. The molecule has 4 atom stereocenters. The molecule has 4 amide bonds. The van der Waals surface area contributed by atoms with Gasteiger partial charge in [0.05, 0.1) is 34.2 Å². The number of carboxylic acid groups (broad SMARTS) is 1. The van der Waals surface area contributed by atoms with E-state index in [9.17, 15) is 48.0 Å². The highest BCUT2D eigenvalue weighted by Crippen LogP contribution is 2.59. The number of hydrogen-bond donors (Lipinski definition) is 2. The van der Waals surface area contributed by atoms with Crippen molar-refractivity contribution >= 4 is 23.7 Å². The summed E-state index contributed by atoms with van der Waals surface area (Å²) in [5, 5.41) is 32.9. The lowest BCUT2D eigenvalue weighted by Gasteiger charge is -2.49. The van der Waals surface area contributed by atoms with Crippen LogP contribution >= 0.6 is 0 Å². The minimum absolute atomic E-state index is 0.0343. The number of carbonyl (C=O) groups is 3. The first-order valence-electron chi connectivity index (χ1n) is 11.0. The minimum Gasteiger partial charge on any atom is -0.465 e. The fourth-order valence-corrected chi connectivity index (χ4v) is 6.33. The smallest absolute Gasteiger partial charge is 0.425 e. The van der Waals surface area contributed by atoms with Crippen molar-refractivity contribution in [1.82, 2.24) is 10.2 Å². The number of rotatable bonds is 4. The molecule has 0 aromatic heterocycles. The highest BCUT2D eigenvalue weighted by atomic mass is 19.4. The quantitative estimate of drug-likeness (QED) is 0.274. The molecule has 3 fully saturated rings. The van der Waals surface area contributed by atoms with Gasteiger partial charge >= 0.3 is 18.3 Å². The number of alkyl halides is 3. The van der Waals surface area contributed by atoms with Crippen molar-refractivity contribution in [1.29, 1.82) is 5.26 Å². The van der Waals surface area contributed by atoms with Gasteiger partial charge in [0.1, 0.15) is 18.6 Å².